The van der Waals surface area contributed by atoms with Gasteiger partial charge in [0.15, 0.2) is 0 Å². The third-order valence-corrected chi connectivity index (χ3v) is 4.02. The average molecular weight is 237 g/mol. The minimum atomic E-state index is -4.06. The van der Waals surface area contributed by atoms with E-state index in [2.05, 4.69) is 20.8 Å². The smallest absolute Gasteiger partial charge is 0.295 e. The van der Waals surface area contributed by atoms with Crippen LogP contribution in [0.2, 0.25) is 0 Å². The summed E-state index contributed by atoms with van der Waals surface area (Å²) < 4.78 is 36.8. The van der Waals surface area contributed by atoms with Crippen LogP contribution in [0.5, 0.6) is 0 Å². The summed E-state index contributed by atoms with van der Waals surface area (Å²) in [6.07, 6.45) is -1.26. The summed E-state index contributed by atoms with van der Waals surface area (Å²) in [6, 6.07) is 0. The van der Waals surface area contributed by atoms with Crippen molar-refractivity contribution in [3.05, 3.63) is 0 Å². The lowest BCUT2D eigenvalue weighted by atomic mass is 9.73. The molecule has 0 saturated carbocycles. The normalized spacial score (nSPS) is 29.4. The SMILES string of the molecule is CC(C)[C@@]1(C)CCCN(CC(F)(F)F)CC1. The number of hydrogen-bond acceptors (Lipinski definition) is 1. The van der Waals surface area contributed by atoms with Gasteiger partial charge in [-0.1, -0.05) is 20.8 Å². The van der Waals surface area contributed by atoms with Crippen LogP contribution < -0.4 is 0 Å². The molecule has 96 valence electrons. The topological polar surface area (TPSA) is 3.24 Å². The van der Waals surface area contributed by atoms with E-state index in [1.165, 1.54) is 0 Å². The van der Waals surface area contributed by atoms with Crippen molar-refractivity contribution in [2.75, 3.05) is 19.6 Å². The predicted octanol–water partition coefficient (Wildman–Crippen LogP) is 3.70. The number of alkyl halides is 3. The molecule has 1 atom stereocenters. The standard InChI is InChI=1S/C12H22F3N/c1-10(2)11(3)5-4-7-16(8-6-11)9-12(13,14)15/h10H,4-9H2,1-3H3/t11-/m0/s1. The van der Waals surface area contributed by atoms with Crippen molar-refractivity contribution < 1.29 is 13.2 Å². The first-order valence-corrected chi connectivity index (χ1v) is 6.02. The highest BCUT2D eigenvalue weighted by molar-refractivity contribution is 4.83. The molecule has 0 radical (unpaired) electrons. The molecule has 0 bridgehead atoms. The Kier molecular flexibility index (Phi) is 4.27. The first-order valence-electron chi connectivity index (χ1n) is 6.02. The maximum absolute atomic E-state index is 12.3. The van der Waals surface area contributed by atoms with Crippen LogP contribution in [0.25, 0.3) is 0 Å². The molecule has 0 N–H and O–H groups in total. The van der Waals surface area contributed by atoms with Crippen LogP contribution in [-0.2, 0) is 0 Å². The summed E-state index contributed by atoms with van der Waals surface area (Å²) in [5, 5.41) is 0. The molecule has 1 rings (SSSR count). The molecule has 1 nitrogen and oxygen atoms in total. The van der Waals surface area contributed by atoms with Crippen molar-refractivity contribution in [2.24, 2.45) is 11.3 Å². The Morgan fingerprint density at radius 2 is 1.81 bits per heavy atom. The van der Waals surface area contributed by atoms with Crippen LogP contribution in [-0.4, -0.2) is 30.7 Å². The van der Waals surface area contributed by atoms with E-state index in [0.29, 0.717) is 19.0 Å². The van der Waals surface area contributed by atoms with E-state index < -0.39 is 12.7 Å². The fourth-order valence-corrected chi connectivity index (χ4v) is 2.35. The Hall–Kier alpha value is -0.250. The summed E-state index contributed by atoms with van der Waals surface area (Å²) >= 11 is 0. The van der Waals surface area contributed by atoms with Gasteiger partial charge in [0, 0.05) is 0 Å². The fraction of sp³-hybridized carbons (Fsp3) is 1.00. The molecule has 0 spiro atoms. The van der Waals surface area contributed by atoms with Crippen LogP contribution in [0.3, 0.4) is 0 Å². The molecule has 1 aliphatic heterocycles. The summed E-state index contributed by atoms with van der Waals surface area (Å²) in [4.78, 5) is 1.55. The van der Waals surface area contributed by atoms with Crippen LogP contribution >= 0.6 is 0 Å². The Morgan fingerprint density at radius 3 is 2.31 bits per heavy atom. The van der Waals surface area contributed by atoms with Crippen molar-refractivity contribution in [3.63, 3.8) is 0 Å². The molecule has 0 unspecified atom stereocenters. The lowest BCUT2D eigenvalue weighted by Gasteiger charge is -2.32. The Balaban J connectivity index is 2.53. The summed E-state index contributed by atoms with van der Waals surface area (Å²) in [6.45, 7) is 6.95. The summed E-state index contributed by atoms with van der Waals surface area (Å²) in [7, 11) is 0. The second kappa shape index (κ2) is 4.94. The van der Waals surface area contributed by atoms with Gasteiger partial charge in [-0.2, -0.15) is 13.2 Å². The third-order valence-electron chi connectivity index (χ3n) is 4.02. The molecule has 16 heavy (non-hydrogen) atoms. The van der Waals surface area contributed by atoms with Crippen LogP contribution in [0, 0.1) is 11.3 Å². The Morgan fingerprint density at radius 1 is 1.19 bits per heavy atom. The lowest BCUT2D eigenvalue weighted by Crippen LogP contribution is -2.35. The highest BCUT2D eigenvalue weighted by Gasteiger charge is 2.35. The van der Waals surface area contributed by atoms with Gasteiger partial charge >= 0.3 is 6.18 Å². The van der Waals surface area contributed by atoms with Gasteiger partial charge in [-0.25, -0.2) is 0 Å². The molecule has 1 fully saturated rings. The van der Waals surface area contributed by atoms with Gasteiger partial charge in [-0.3, -0.25) is 4.90 Å². The fourth-order valence-electron chi connectivity index (χ4n) is 2.35. The number of rotatable bonds is 2. The summed E-state index contributed by atoms with van der Waals surface area (Å²) in [5.74, 6) is 0.540. The van der Waals surface area contributed by atoms with Crippen molar-refractivity contribution in [1.29, 1.82) is 0 Å². The monoisotopic (exact) mass is 237 g/mol. The van der Waals surface area contributed by atoms with Crippen LogP contribution in [0.4, 0.5) is 13.2 Å². The minimum Gasteiger partial charge on any atom is -0.295 e. The molecule has 0 amide bonds. The summed E-state index contributed by atoms with van der Waals surface area (Å²) in [5.41, 5.74) is 0.209. The largest absolute Gasteiger partial charge is 0.401 e. The molecule has 0 aliphatic carbocycles. The van der Waals surface area contributed by atoms with E-state index in [9.17, 15) is 13.2 Å². The number of likely N-dealkylation sites (tertiary alicyclic amines) is 1. The Labute approximate surface area is 96.0 Å². The van der Waals surface area contributed by atoms with E-state index in [-0.39, 0.29) is 5.41 Å². The molecule has 1 saturated heterocycles. The van der Waals surface area contributed by atoms with E-state index in [1.54, 1.807) is 4.90 Å². The van der Waals surface area contributed by atoms with Gasteiger partial charge in [0.2, 0.25) is 0 Å². The molecule has 0 aromatic heterocycles. The molecular weight excluding hydrogens is 215 g/mol. The third kappa shape index (κ3) is 3.96. The molecule has 0 aromatic rings. The minimum absolute atomic E-state index is 0.209. The highest BCUT2D eigenvalue weighted by atomic mass is 19.4. The van der Waals surface area contributed by atoms with Crippen molar-refractivity contribution in [3.8, 4) is 0 Å². The predicted molar refractivity (Wildman–Crippen MR) is 59.3 cm³/mol. The quantitative estimate of drug-likeness (QED) is 0.708. The van der Waals surface area contributed by atoms with E-state index in [0.717, 1.165) is 19.3 Å². The first kappa shape index (κ1) is 13.8. The molecule has 4 heteroatoms. The highest BCUT2D eigenvalue weighted by Crippen LogP contribution is 2.38. The maximum Gasteiger partial charge on any atom is 0.401 e. The van der Waals surface area contributed by atoms with Gasteiger partial charge in [-0.05, 0) is 43.7 Å². The number of halogens is 3. The van der Waals surface area contributed by atoms with Gasteiger partial charge < -0.3 is 0 Å². The molecule has 1 aliphatic rings. The number of hydrogen-bond donors (Lipinski definition) is 0. The Bertz CT molecular complexity index is 225. The lowest BCUT2D eigenvalue weighted by molar-refractivity contribution is -0.145. The zero-order chi connectivity index (χ0) is 12.4. The average Bonchev–Trinajstić information content (AvgIpc) is 2.27. The second-order valence-corrected chi connectivity index (χ2v) is 5.55. The van der Waals surface area contributed by atoms with Crippen molar-refractivity contribution >= 4 is 0 Å². The van der Waals surface area contributed by atoms with Gasteiger partial charge in [0.1, 0.15) is 0 Å². The van der Waals surface area contributed by atoms with Gasteiger partial charge in [0.25, 0.3) is 0 Å². The van der Waals surface area contributed by atoms with E-state index in [1.807, 2.05) is 0 Å². The maximum atomic E-state index is 12.3. The van der Waals surface area contributed by atoms with Gasteiger partial charge in [0.05, 0.1) is 6.54 Å². The van der Waals surface area contributed by atoms with Crippen LogP contribution in [0.1, 0.15) is 40.0 Å². The number of nitrogens with zero attached hydrogens (tertiary/aromatic N) is 1. The molecule has 1 heterocycles. The zero-order valence-electron chi connectivity index (χ0n) is 10.4. The van der Waals surface area contributed by atoms with Crippen LogP contribution in [0.15, 0.2) is 0 Å². The van der Waals surface area contributed by atoms with E-state index >= 15 is 0 Å². The van der Waals surface area contributed by atoms with Gasteiger partial charge in [-0.15, -0.1) is 0 Å². The van der Waals surface area contributed by atoms with Crippen molar-refractivity contribution in [1.82, 2.24) is 4.90 Å². The second-order valence-electron chi connectivity index (χ2n) is 5.55. The molecular formula is C12H22F3N. The first-order chi connectivity index (χ1) is 7.23. The molecule has 0 aromatic carbocycles. The zero-order valence-corrected chi connectivity index (χ0v) is 10.4. The van der Waals surface area contributed by atoms with E-state index in [4.69, 9.17) is 0 Å². The van der Waals surface area contributed by atoms with Crippen molar-refractivity contribution in [2.45, 2.75) is 46.2 Å².